The number of hydrogen-bond acceptors (Lipinski definition) is 2. The Labute approximate surface area is 94.5 Å². The van der Waals surface area contributed by atoms with E-state index in [2.05, 4.69) is 4.98 Å². The van der Waals surface area contributed by atoms with Crippen LogP contribution in [-0.4, -0.2) is 4.98 Å². The van der Waals surface area contributed by atoms with Crippen LogP contribution in [0.3, 0.4) is 0 Å². The second kappa shape index (κ2) is 4.90. The summed E-state index contributed by atoms with van der Waals surface area (Å²) in [5.74, 6) is 0. The van der Waals surface area contributed by atoms with Gasteiger partial charge in [0.25, 0.3) is 0 Å². The van der Waals surface area contributed by atoms with Crippen LogP contribution < -0.4 is 0 Å². The molecule has 0 saturated heterocycles. The van der Waals surface area contributed by atoms with Crippen LogP contribution in [0.1, 0.15) is 5.56 Å². The fourth-order valence-electron chi connectivity index (χ4n) is 1.43. The van der Waals surface area contributed by atoms with Crippen molar-refractivity contribution in [3.63, 3.8) is 0 Å². The molecule has 0 atom stereocenters. The predicted octanol–water partition coefficient (Wildman–Crippen LogP) is 3.29. The molecule has 2 rings (SSSR count). The smallest absolute Gasteiger partial charge is 0.0912 e. The van der Waals surface area contributed by atoms with Gasteiger partial charge in [-0.05, 0) is 23.8 Å². The van der Waals surface area contributed by atoms with Gasteiger partial charge >= 0.3 is 0 Å². The molecular weight excluding hydrogens is 196 g/mol. The quantitative estimate of drug-likeness (QED) is 0.707. The molecule has 0 bridgehead atoms. The number of hydrogen-bond donors (Lipinski definition) is 0. The molecule has 16 heavy (non-hydrogen) atoms. The van der Waals surface area contributed by atoms with E-state index in [0.717, 1.165) is 16.8 Å². The molecule has 0 aliphatic carbocycles. The highest BCUT2D eigenvalue weighted by Crippen LogP contribution is 2.17. The minimum absolute atomic E-state index is 0.957. The monoisotopic (exact) mass is 206 g/mol. The van der Waals surface area contributed by atoms with E-state index in [-0.39, 0.29) is 0 Å². The van der Waals surface area contributed by atoms with Crippen LogP contribution >= 0.6 is 0 Å². The average Bonchev–Trinajstić information content (AvgIpc) is 2.38. The Hall–Kier alpha value is -2.40. The van der Waals surface area contributed by atoms with Crippen LogP contribution in [0.5, 0.6) is 0 Å². The lowest BCUT2D eigenvalue weighted by Crippen LogP contribution is -1.81. The molecule has 76 valence electrons. The van der Waals surface area contributed by atoms with Crippen LogP contribution in [0.2, 0.25) is 0 Å². The van der Waals surface area contributed by atoms with Crippen molar-refractivity contribution in [3.05, 3.63) is 60.3 Å². The summed E-state index contributed by atoms with van der Waals surface area (Å²) in [5.41, 5.74) is 3.05. The number of benzene rings is 1. The van der Waals surface area contributed by atoms with E-state index in [4.69, 9.17) is 5.26 Å². The minimum Gasteiger partial charge on any atom is -0.256 e. The number of allylic oxidation sites excluding steroid dienone is 1. The lowest BCUT2D eigenvalue weighted by Gasteiger charge is -2.00. The zero-order valence-corrected chi connectivity index (χ0v) is 8.67. The molecule has 0 unspecified atom stereocenters. The fraction of sp³-hybridized carbons (Fsp3) is 0. The van der Waals surface area contributed by atoms with Crippen molar-refractivity contribution in [2.45, 2.75) is 0 Å². The molecule has 0 aliphatic rings. The molecular formula is C14H10N2. The molecule has 0 N–H and O–H groups in total. The summed E-state index contributed by atoms with van der Waals surface area (Å²) < 4.78 is 0. The first-order valence-corrected chi connectivity index (χ1v) is 4.98. The first-order valence-electron chi connectivity index (χ1n) is 4.98. The Morgan fingerprint density at radius 1 is 1.06 bits per heavy atom. The van der Waals surface area contributed by atoms with E-state index in [0.29, 0.717) is 0 Å². The number of aromatic nitrogens is 1. The van der Waals surface area contributed by atoms with Crippen molar-refractivity contribution >= 4 is 6.08 Å². The van der Waals surface area contributed by atoms with E-state index in [1.54, 1.807) is 12.3 Å². The Bertz CT molecular complexity index is 519. The summed E-state index contributed by atoms with van der Waals surface area (Å²) in [5, 5.41) is 8.41. The number of nitrogens with zero attached hydrogens (tertiary/aromatic N) is 2. The van der Waals surface area contributed by atoms with Gasteiger partial charge in [0, 0.05) is 17.8 Å². The molecule has 1 heterocycles. The van der Waals surface area contributed by atoms with E-state index >= 15 is 0 Å². The third kappa shape index (κ3) is 2.34. The Kier molecular flexibility index (Phi) is 3.10. The summed E-state index contributed by atoms with van der Waals surface area (Å²) in [6.07, 6.45) is 5.02. The zero-order chi connectivity index (χ0) is 11.2. The van der Waals surface area contributed by atoms with Crippen LogP contribution in [-0.2, 0) is 0 Å². The number of rotatable bonds is 2. The standard InChI is InChI=1S/C14H10N2/c15-10-3-4-12-6-8-13(9-7-12)14-5-1-2-11-16-14/h1-9,11H. The molecule has 0 fully saturated rings. The number of pyridine rings is 1. The Morgan fingerprint density at radius 3 is 2.50 bits per heavy atom. The highest BCUT2D eigenvalue weighted by molar-refractivity contribution is 5.62. The largest absolute Gasteiger partial charge is 0.256 e. The molecule has 0 saturated carbocycles. The van der Waals surface area contributed by atoms with Gasteiger partial charge < -0.3 is 0 Å². The summed E-state index contributed by atoms with van der Waals surface area (Å²) in [6, 6.07) is 15.7. The van der Waals surface area contributed by atoms with Crippen LogP contribution in [0.15, 0.2) is 54.7 Å². The van der Waals surface area contributed by atoms with Gasteiger partial charge in [0.2, 0.25) is 0 Å². The van der Waals surface area contributed by atoms with Crippen molar-refractivity contribution in [2.75, 3.05) is 0 Å². The highest BCUT2D eigenvalue weighted by Gasteiger charge is 1.96. The SMILES string of the molecule is N#CC=Cc1ccc(-c2ccccn2)cc1. The van der Waals surface area contributed by atoms with Gasteiger partial charge in [0.05, 0.1) is 11.8 Å². The maximum atomic E-state index is 8.41. The zero-order valence-electron chi connectivity index (χ0n) is 8.67. The average molecular weight is 206 g/mol. The van der Waals surface area contributed by atoms with E-state index in [9.17, 15) is 0 Å². The van der Waals surface area contributed by atoms with Gasteiger partial charge in [-0.25, -0.2) is 0 Å². The fourth-order valence-corrected chi connectivity index (χ4v) is 1.43. The molecule has 1 aromatic heterocycles. The van der Waals surface area contributed by atoms with Gasteiger partial charge in [-0.2, -0.15) is 5.26 Å². The molecule has 1 aromatic carbocycles. The topological polar surface area (TPSA) is 36.7 Å². The predicted molar refractivity (Wildman–Crippen MR) is 64.3 cm³/mol. The highest BCUT2D eigenvalue weighted by atomic mass is 14.7. The summed E-state index contributed by atoms with van der Waals surface area (Å²) in [6.45, 7) is 0. The Balaban J connectivity index is 2.27. The minimum atomic E-state index is 0.957. The van der Waals surface area contributed by atoms with Crippen molar-refractivity contribution < 1.29 is 0 Å². The van der Waals surface area contributed by atoms with E-state index in [1.807, 2.05) is 48.5 Å². The Morgan fingerprint density at radius 2 is 1.88 bits per heavy atom. The lowest BCUT2D eigenvalue weighted by molar-refractivity contribution is 1.33. The van der Waals surface area contributed by atoms with Crippen molar-refractivity contribution in [1.29, 1.82) is 5.26 Å². The number of nitriles is 1. The second-order valence-electron chi connectivity index (χ2n) is 3.30. The molecule has 0 aliphatic heterocycles. The van der Waals surface area contributed by atoms with Crippen molar-refractivity contribution in [1.82, 2.24) is 4.98 Å². The third-order valence-electron chi connectivity index (χ3n) is 2.22. The van der Waals surface area contributed by atoms with E-state index < -0.39 is 0 Å². The molecule has 0 radical (unpaired) electrons. The van der Waals surface area contributed by atoms with Crippen LogP contribution in [0.4, 0.5) is 0 Å². The first kappa shape index (κ1) is 10.1. The molecule has 2 nitrogen and oxygen atoms in total. The third-order valence-corrected chi connectivity index (χ3v) is 2.22. The van der Waals surface area contributed by atoms with Gasteiger partial charge in [-0.1, -0.05) is 30.3 Å². The maximum Gasteiger partial charge on any atom is 0.0912 e. The normalized spacial score (nSPS) is 10.2. The van der Waals surface area contributed by atoms with Gasteiger partial charge in [-0.3, -0.25) is 4.98 Å². The van der Waals surface area contributed by atoms with Crippen molar-refractivity contribution in [3.8, 4) is 17.3 Å². The van der Waals surface area contributed by atoms with Gasteiger partial charge in [0.1, 0.15) is 0 Å². The van der Waals surface area contributed by atoms with Crippen LogP contribution in [0.25, 0.3) is 17.3 Å². The van der Waals surface area contributed by atoms with Crippen LogP contribution in [0, 0.1) is 11.3 Å². The molecule has 2 heteroatoms. The summed E-state index contributed by atoms with van der Waals surface area (Å²) in [7, 11) is 0. The molecule has 0 amide bonds. The van der Waals surface area contributed by atoms with Crippen molar-refractivity contribution in [2.24, 2.45) is 0 Å². The summed E-state index contributed by atoms with van der Waals surface area (Å²) >= 11 is 0. The summed E-state index contributed by atoms with van der Waals surface area (Å²) in [4.78, 5) is 4.27. The van der Waals surface area contributed by atoms with Gasteiger partial charge in [0.15, 0.2) is 0 Å². The maximum absolute atomic E-state index is 8.41. The molecule has 2 aromatic rings. The first-order chi connectivity index (χ1) is 7.90. The van der Waals surface area contributed by atoms with Gasteiger partial charge in [-0.15, -0.1) is 0 Å². The lowest BCUT2D eigenvalue weighted by atomic mass is 10.1. The second-order valence-corrected chi connectivity index (χ2v) is 3.30. The molecule has 0 spiro atoms. The van der Waals surface area contributed by atoms with E-state index in [1.165, 1.54) is 6.08 Å².